The second kappa shape index (κ2) is 7.89. The Morgan fingerprint density at radius 3 is 2.52 bits per heavy atom. The number of nitrogens with one attached hydrogen (secondary N) is 1. The molecule has 3 heterocycles. The first-order valence-corrected chi connectivity index (χ1v) is 9.60. The lowest BCUT2D eigenvalue weighted by molar-refractivity contribution is -0.137. The number of nitrogens with two attached hydrogens (primary N) is 1. The topological polar surface area (TPSA) is 106 Å². The number of hydrogen-bond acceptors (Lipinski definition) is 4. The summed E-state index contributed by atoms with van der Waals surface area (Å²) in [5.41, 5.74) is 5.51. The van der Waals surface area contributed by atoms with Crippen LogP contribution in [0.2, 0.25) is 0 Å². The average molecular weight is 432 g/mol. The van der Waals surface area contributed by atoms with Gasteiger partial charge in [0.05, 0.1) is 5.56 Å². The summed E-state index contributed by atoms with van der Waals surface area (Å²) in [6, 6.07) is 7.87. The molecule has 0 aliphatic carbocycles. The number of anilines is 1. The van der Waals surface area contributed by atoms with Gasteiger partial charge in [0.1, 0.15) is 5.82 Å². The summed E-state index contributed by atoms with van der Waals surface area (Å²) in [6.45, 7) is 0.846. The van der Waals surface area contributed by atoms with Gasteiger partial charge in [-0.25, -0.2) is 4.79 Å². The van der Waals surface area contributed by atoms with E-state index in [2.05, 4.69) is 15.5 Å². The van der Waals surface area contributed by atoms with Crippen molar-refractivity contribution < 1.29 is 22.8 Å². The van der Waals surface area contributed by atoms with Crippen molar-refractivity contribution >= 4 is 23.3 Å². The fraction of sp³-hybridized carbons (Fsp3) is 0.300. The van der Waals surface area contributed by atoms with Gasteiger partial charge in [0.15, 0.2) is 5.65 Å². The van der Waals surface area contributed by atoms with Crippen LogP contribution < -0.4 is 11.1 Å². The number of fused-ring (bicyclic) bond motifs is 1. The molecule has 1 fully saturated rings. The second-order valence-corrected chi connectivity index (χ2v) is 7.36. The van der Waals surface area contributed by atoms with Crippen molar-refractivity contribution in [3.05, 3.63) is 59.5 Å². The molecule has 162 valence electrons. The predicted octanol–water partition coefficient (Wildman–Crippen LogP) is 3.26. The molecule has 0 radical (unpaired) electrons. The zero-order valence-corrected chi connectivity index (χ0v) is 16.3. The Kier molecular flexibility index (Phi) is 5.25. The van der Waals surface area contributed by atoms with Gasteiger partial charge in [-0.2, -0.15) is 13.2 Å². The van der Waals surface area contributed by atoms with Crippen LogP contribution in [-0.4, -0.2) is 44.5 Å². The van der Waals surface area contributed by atoms with Crippen LogP contribution in [0.25, 0.3) is 5.65 Å². The van der Waals surface area contributed by atoms with E-state index < -0.39 is 17.8 Å². The van der Waals surface area contributed by atoms with Gasteiger partial charge >= 0.3 is 12.2 Å². The van der Waals surface area contributed by atoms with Gasteiger partial charge in [0, 0.05) is 36.5 Å². The number of rotatable bonds is 3. The molecular formula is C20H19F3N6O2. The molecule has 1 unspecified atom stereocenters. The molecule has 1 aliphatic heterocycles. The van der Waals surface area contributed by atoms with E-state index in [1.54, 1.807) is 29.2 Å². The lowest BCUT2D eigenvalue weighted by Gasteiger charge is -2.32. The fourth-order valence-electron chi connectivity index (χ4n) is 3.75. The maximum absolute atomic E-state index is 13.1. The number of carbonyl (C=O) groups is 2. The van der Waals surface area contributed by atoms with E-state index in [0.717, 1.165) is 12.3 Å². The van der Waals surface area contributed by atoms with Gasteiger partial charge in [0.2, 0.25) is 0 Å². The van der Waals surface area contributed by atoms with Crippen molar-refractivity contribution in [2.24, 2.45) is 5.73 Å². The number of benzene rings is 1. The van der Waals surface area contributed by atoms with Gasteiger partial charge in [-0.05, 0) is 49.2 Å². The van der Waals surface area contributed by atoms with E-state index >= 15 is 0 Å². The maximum atomic E-state index is 13.1. The zero-order valence-electron chi connectivity index (χ0n) is 16.3. The second-order valence-electron chi connectivity index (χ2n) is 7.36. The first-order valence-electron chi connectivity index (χ1n) is 9.60. The number of urea groups is 1. The largest absolute Gasteiger partial charge is 0.417 e. The number of aromatic nitrogens is 3. The lowest BCUT2D eigenvalue weighted by atomic mass is 9.96. The third-order valence-corrected chi connectivity index (χ3v) is 5.23. The molecule has 3 amide bonds. The molecule has 8 nitrogen and oxygen atoms in total. The number of nitrogens with zero attached hydrogens (tertiary/aromatic N) is 4. The van der Waals surface area contributed by atoms with Crippen LogP contribution in [-0.2, 0) is 6.18 Å². The van der Waals surface area contributed by atoms with Crippen LogP contribution in [0, 0.1) is 0 Å². The molecule has 1 saturated heterocycles. The van der Waals surface area contributed by atoms with Crippen LogP contribution in [0.1, 0.15) is 40.5 Å². The molecule has 4 rings (SSSR count). The third-order valence-electron chi connectivity index (χ3n) is 5.23. The van der Waals surface area contributed by atoms with E-state index in [4.69, 9.17) is 5.73 Å². The molecule has 1 atom stereocenters. The van der Waals surface area contributed by atoms with Crippen molar-refractivity contribution in [3.63, 3.8) is 0 Å². The quantitative estimate of drug-likeness (QED) is 0.663. The number of primary amides is 1. The summed E-state index contributed by atoms with van der Waals surface area (Å²) < 4.78 is 40.7. The molecule has 2 aromatic heterocycles. The van der Waals surface area contributed by atoms with Crippen LogP contribution in [0.5, 0.6) is 0 Å². The Morgan fingerprint density at radius 2 is 1.84 bits per heavy atom. The van der Waals surface area contributed by atoms with Crippen LogP contribution >= 0.6 is 0 Å². The Morgan fingerprint density at radius 1 is 1.10 bits per heavy atom. The first-order chi connectivity index (χ1) is 14.7. The number of alkyl halides is 3. The Hall–Kier alpha value is -3.63. The maximum Gasteiger partial charge on any atom is 0.417 e. The Balaban J connectivity index is 1.54. The van der Waals surface area contributed by atoms with E-state index in [1.165, 1.54) is 10.5 Å². The average Bonchev–Trinajstić information content (AvgIpc) is 3.16. The van der Waals surface area contributed by atoms with E-state index in [0.29, 0.717) is 48.7 Å². The van der Waals surface area contributed by atoms with Gasteiger partial charge in [-0.3, -0.25) is 9.20 Å². The SMILES string of the molecule is NC(=O)Nc1ccc(C(=O)N2CCCC(c3nnc4ccc(C(F)(F)F)cn34)C2)cc1. The highest BCUT2D eigenvalue weighted by atomic mass is 19.4. The molecule has 0 saturated carbocycles. The molecule has 0 bridgehead atoms. The highest BCUT2D eigenvalue weighted by Crippen LogP contribution is 2.31. The predicted molar refractivity (Wildman–Crippen MR) is 106 cm³/mol. The normalized spacial score (nSPS) is 17.0. The molecule has 11 heteroatoms. The lowest BCUT2D eigenvalue weighted by Crippen LogP contribution is -2.39. The standard InChI is InChI=1S/C20H19F3N6O2/c21-20(22,23)14-5-8-16-26-27-17(29(16)11-14)13-2-1-9-28(10-13)18(30)12-3-6-15(7-4-12)25-19(24)31/h3-8,11,13H,1-2,9-10H2,(H3,24,25,31). The summed E-state index contributed by atoms with van der Waals surface area (Å²) in [7, 11) is 0. The minimum atomic E-state index is -4.47. The highest BCUT2D eigenvalue weighted by molar-refractivity contribution is 5.95. The summed E-state index contributed by atoms with van der Waals surface area (Å²) in [5.74, 6) is -0.0493. The number of hydrogen-bond donors (Lipinski definition) is 2. The van der Waals surface area contributed by atoms with Crippen LogP contribution in [0.3, 0.4) is 0 Å². The van der Waals surface area contributed by atoms with E-state index in [9.17, 15) is 22.8 Å². The summed E-state index contributed by atoms with van der Waals surface area (Å²) in [5, 5.41) is 10.5. The van der Waals surface area contributed by atoms with Crippen molar-refractivity contribution in [2.45, 2.75) is 24.9 Å². The Labute approximate surface area is 174 Å². The number of halogens is 3. The molecular weight excluding hydrogens is 413 g/mol. The van der Waals surface area contributed by atoms with Crippen molar-refractivity contribution in [1.82, 2.24) is 19.5 Å². The minimum absolute atomic E-state index is 0.208. The molecule has 1 aliphatic rings. The van der Waals surface area contributed by atoms with Crippen molar-refractivity contribution in [1.29, 1.82) is 0 Å². The summed E-state index contributed by atoms with van der Waals surface area (Å²) >= 11 is 0. The molecule has 0 spiro atoms. The van der Waals surface area contributed by atoms with Gasteiger partial charge in [-0.15, -0.1) is 10.2 Å². The number of piperidine rings is 1. The molecule has 3 N–H and O–H groups in total. The number of likely N-dealkylation sites (tertiary alicyclic amines) is 1. The zero-order chi connectivity index (χ0) is 22.2. The fourth-order valence-corrected chi connectivity index (χ4v) is 3.75. The highest BCUT2D eigenvalue weighted by Gasteiger charge is 2.33. The molecule has 1 aromatic carbocycles. The van der Waals surface area contributed by atoms with Gasteiger partial charge < -0.3 is 16.0 Å². The summed E-state index contributed by atoms with van der Waals surface area (Å²) in [4.78, 5) is 25.5. The van der Waals surface area contributed by atoms with Gasteiger partial charge in [-0.1, -0.05) is 0 Å². The third kappa shape index (κ3) is 4.30. The van der Waals surface area contributed by atoms with Crippen LogP contribution in [0.15, 0.2) is 42.6 Å². The molecule has 31 heavy (non-hydrogen) atoms. The van der Waals surface area contributed by atoms with Crippen LogP contribution in [0.4, 0.5) is 23.7 Å². The number of amides is 3. The molecule has 3 aromatic rings. The smallest absolute Gasteiger partial charge is 0.351 e. The van der Waals surface area contributed by atoms with Gasteiger partial charge in [0.25, 0.3) is 5.91 Å². The number of carbonyl (C=O) groups excluding carboxylic acids is 2. The van der Waals surface area contributed by atoms with E-state index in [1.807, 2.05) is 0 Å². The first kappa shape index (κ1) is 20.6. The number of pyridine rings is 1. The van der Waals surface area contributed by atoms with Crippen molar-refractivity contribution in [2.75, 3.05) is 18.4 Å². The summed E-state index contributed by atoms with van der Waals surface area (Å²) in [6.07, 6.45) is -2.11. The monoisotopic (exact) mass is 432 g/mol. The minimum Gasteiger partial charge on any atom is -0.351 e. The Bertz CT molecular complexity index is 1130. The van der Waals surface area contributed by atoms with Crippen molar-refractivity contribution in [3.8, 4) is 0 Å². The van der Waals surface area contributed by atoms with E-state index in [-0.39, 0.29) is 11.8 Å².